The molecule has 0 bridgehead atoms. The number of rotatable bonds is 3. The number of benzene rings is 5. The van der Waals surface area contributed by atoms with E-state index in [1.165, 1.54) is 11.1 Å². The van der Waals surface area contributed by atoms with Crippen LogP contribution in [0.2, 0.25) is 0 Å². The van der Waals surface area contributed by atoms with E-state index in [4.69, 9.17) is 14.5 Å². The molecule has 0 N–H and O–H groups in total. The van der Waals surface area contributed by atoms with Gasteiger partial charge >= 0.3 is 0 Å². The molecule has 0 amide bonds. The first-order chi connectivity index (χ1) is 22.7. The largest absolute Gasteiger partial charge is 0.503 e. The van der Waals surface area contributed by atoms with Gasteiger partial charge < -0.3 is 19.4 Å². The average molecular weight is 783 g/mol. The molecule has 0 aliphatic carbocycles. The molecule has 4 heterocycles. The van der Waals surface area contributed by atoms with Gasteiger partial charge in [0, 0.05) is 44.0 Å². The Labute approximate surface area is 288 Å². The molecule has 0 saturated carbocycles. The Hall–Kier alpha value is -5.29. The summed E-state index contributed by atoms with van der Waals surface area (Å²) in [5.41, 5.74) is 10.6. The molecule has 1 radical (unpaired) electrons. The van der Waals surface area contributed by atoms with E-state index in [9.17, 15) is 0 Å². The molecule has 0 fully saturated rings. The summed E-state index contributed by atoms with van der Waals surface area (Å²) in [6.07, 6.45) is 3.65. The zero-order chi connectivity index (χ0) is 30.9. The van der Waals surface area contributed by atoms with Crippen LogP contribution in [0.1, 0.15) is 5.56 Å². The van der Waals surface area contributed by atoms with Crippen LogP contribution in [0, 0.1) is 19.1 Å². The fourth-order valence-electron chi connectivity index (χ4n) is 6.22. The summed E-state index contributed by atoms with van der Waals surface area (Å²) < 4.78 is 12.9. The third-order valence-corrected chi connectivity index (χ3v) is 8.39. The standard InChI is InChI=1S/C30H19BNO2.C11H8N.Ir/c1-19-8-2-3-9-21(19)20-16-17-32-25(18-20)22-14-15-28-29-30(22)34-27-13-7-5-11-24(27)31(29)23-10-4-6-12-26(23)33-28;1-2-6-10(7-3-1)11-8-4-5-9-12-11;/h2-13,15-18H,1H3;1-6,8-9H;/q2*-1;. The van der Waals surface area contributed by atoms with Gasteiger partial charge in [0.15, 0.2) is 0 Å². The van der Waals surface area contributed by atoms with Gasteiger partial charge in [-0.3, -0.25) is 0 Å². The van der Waals surface area contributed by atoms with Crippen molar-refractivity contribution in [3.63, 3.8) is 0 Å². The Kier molecular flexibility index (Phi) is 8.54. The molecule has 2 aliphatic heterocycles. The maximum absolute atomic E-state index is 6.54. The average Bonchev–Trinajstić information content (AvgIpc) is 3.13. The minimum absolute atomic E-state index is 0. The predicted molar refractivity (Wildman–Crippen MR) is 185 cm³/mol. The second-order valence-electron chi connectivity index (χ2n) is 11.2. The Balaban J connectivity index is 0.000000228. The number of nitrogens with zero attached hydrogens (tertiary/aromatic N) is 2. The number of hydrogen-bond donors (Lipinski definition) is 0. The van der Waals surface area contributed by atoms with Crippen molar-refractivity contribution in [2.24, 2.45) is 0 Å². The van der Waals surface area contributed by atoms with Crippen LogP contribution in [-0.4, -0.2) is 16.7 Å². The predicted octanol–water partition coefficient (Wildman–Crippen LogP) is 7.80. The number of fused-ring (bicyclic) bond motifs is 4. The molecule has 2 aromatic heterocycles. The van der Waals surface area contributed by atoms with Gasteiger partial charge in [-0.15, -0.1) is 48.0 Å². The normalized spacial score (nSPS) is 11.6. The molecule has 0 spiro atoms. The number of aromatic nitrogens is 2. The summed E-state index contributed by atoms with van der Waals surface area (Å²) in [6.45, 7) is 2.16. The third kappa shape index (κ3) is 5.78. The first-order valence-corrected chi connectivity index (χ1v) is 15.3. The van der Waals surface area contributed by atoms with Crippen LogP contribution >= 0.6 is 0 Å². The van der Waals surface area contributed by atoms with Crippen molar-refractivity contribution in [1.82, 2.24) is 9.97 Å². The fourth-order valence-corrected chi connectivity index (χ4v) is 6.22. The molecular weight excluding hydrogens is 755 g/mol. The molecule has 47 heavy (non-hydrogen) atoms. The van der Waals surface area contributed by atoms with Crippen molar-refractivity contribution in [3.05, 3.63) is 164 Å². The second-order valence-corrected chi connectivity index (χ2v) is 11.2. The van der Waals surface area contributed by atoms with Crippen molar-refractivity contribution in [2.75, 3.05) is 0 Å². The minimum atomic E-state index is 0. The van der Waals surface area contributed by atoms with E-state index < -0.39 is 0 Å². The van der Waals surface area contributed by atoms with Crippen LogP contribution in [0.3, 0.4) is 0 Å². The smallest absolute Gasteiger partial charge is 0.239 e. The van der Waals surface area contributed by atoms with Crippen molar-refractivity contribution >= 4 is 23.1 Å². The maximum Gasteiger partial charge on any atom is 0.239 e. The molecule has 7 aromatic rings. The van der Waals surface area contributed by atoms with Crippen molar-refractivity contribution < 1.29 is 29.6 Å². The van der Waals surface area contributed by atoms with Gasteiger partial charge in [0.05, 0.1) is 0 Å². The van der Waals surface area contributed by atoms with Gasteiger partial charge in [0.25, 0.3) is 0 Å². The molecule has 9 rings (SSSR count). The number of hydrogen-bond acceptors (Lipinski definition) is 4. The van der Waals surface area contributed by atoms with Crippen LogP contribution in [0.5, 0.6) is 23.0 Å². The van der Waals surface area contributed by atoms with E-state index in [-0.39, 0.29) is 26.8 Å². The number of aryl methyl sites for hydroxylation is 1. The minimum Gasteiger partial charge on any atom is -0.503 e. The number of pyridine rings is 2. The van der Waals surface area contributed by atoms with Crippen molar-refractivity contribution in [2.45, 2.75) is 6.92 Å². The van der Waals surface area contributed by atoms with E-state index in [1.807, 2.05) is 85.1 Å². The number of ether oxygens (including phenoxy) is 2. The van der Waals surface area contributed by atoms with E-state index >= 15 is 0 Å². The summed E-state index contributed by atoms with van der Waals surface area (Å²) in [5.74, 6) is 3.29. The van der Waals surface area contributed by atoms with Crippen LogP contribution in [0.4, 0.5) is 0 Å². The Bertz CT molecular complexity index is 2140. The molecule has 0 atom stereocenters. The molecule has 227 valence electrons. The summed E-state index contributed by atoms with van der Waals surface area (Å²) >= 11 is 0. The summed E-state index contributed by atoms with van der Waals surface area (Å²) in [6, 6.07) is 51.2. The molecule has 4 nitrogen and oxygen atoms in total. The van der Waals surface area contributed by atoms with Crippen molar-refractivity contribution in [3.8, 4) is 56.6 Å². The van der Waals surface area contributed by atoms with Gasteiger partial charge in [-0.1, -0.05) is 89.9 Å². The summed E-state index contributed by atoms with van der Waals surface area (Å²) in [5, 5.41) is 0. The fraction of sp³-hybridized carbons (Fsp3) is 0.0244. The second kappa shape index (κ2) is 13.2. The first kappa shape index (κ1) is 30.4. The van der Waals surface area contributed by atoms with Crippen molar-refractivity contribution in [1.29, 1.82) is 0 Å². The van der Waals surface area contributed by atoms with Crippen LogP contribution in [-0.2, 0) is 20.1 Å². The van der Waals surface area contributed by atoms with E-state index in [1.54, 1.807) is 6.20 Å². The zero-order valence-corrected chi connectivity index (χ0v) is 27.9. The van der Waals surface area contributed by atoms with Crippen LogP contribution in [0.15, 0.2) is 146 Å². The first-order valence-electron chi connectivity index (χ1n) is 15.3. The van der Waals surface area contributed by atoms with Gasteiger partial charge in [0.2, 0.25) is 6.71 Å². The Morgan fingerprint density at radius 2 is 1.32 bits per heavy atom. The van der Waals surface area contributed by atoms with Crippen LogP contribution in [0.25, 0.3) is 33.6 Å². The molecule has 0 unspecified atom stereocenters. The van der Waals surface area contributed by atoms with Gasteiger partial charge in [-0.05, 0) is 70.2 Å². The van der Waals surface area contributed by atoms with E-state index in [0.29, 0.717) is 0 Å². The monoisotopic (exact) mass is 783 g/mol. The SMILES string of the molecule is Cc1ccccc1-c1ccnc(-c2[c-]cc3c4c2Oc2ccccc2B4c2ccccc2O3)c1.[Ir].[c-]1ccccc1-c1ccccn1. The molecule has 2 aliphatic rings. The van der Waals surface area contributed by atoms with Crippen LogP contribution < -0.4 is 25.9 Å². The summed E-state index contributed by atoms with van der Waals surface area (Å²) in [7, 11) is 0. The maximum atomic E-state index is 6.54. The molecule has 5 aromatic carbocycles. The van der Waals surface area contributed by atoms with Gasteiger partial charge in [-0.25, -0.2) is 0 Å². The van der Waals surface area contributed by atoms with E-state index in [0.717, 1.165) is 67.5 Å². The number of para-hydroxylation sites is 2. The summed E-state index contributed by atoms with van der Waals surface area (Å²) in [4.78, 5) is 8.94. The van der Waals surface area contributed by atoms with Gasteiger partial charge in [0.1, 0.15) is 11.5 Å². The van der Waals surface area contributed by atoms with E-state index in [2.05, 4.69) is 78.6 Å². The third-order valence-electron chi connectivity index (χ3n) is 8.39. The molecular formula is C41H27BIrN2O2-2. The topological polar surface area (TPSA) is 44.2 Å². The molecule has 6 heteroatoms. The van der Waals surface area contributed by atoms with Gasteiger partial charge in [-0.2, -0.15) is 0 Å². The Morgan fingerprint density at radius 1 is 0.617 bits per heavy atom. The zero-order valence-electron chi connectivity index (χ0n) is 25.5. The quantitative estimate of drug-likeness (QED) is 0.136. The Morgan fingerprint density at radius 3 is 2.06 bits per heavy atom. The molecule has 0 saturated heterocycles.